The van der Waals surface area contributed by atoms with Gasteiger partial charge in [-0.1, -0.05) is 218 Å². The Hall–Kier alpha value is -4.71. The van der Waals surface area contributed by atoms with Crippen LogP contribution < -0.4 is 0 Å². The van der Waals surface area contributed by atoms with Gasteiger partial charge in [0.1, 0.15) is 13.2 Å². The molecular formula is C65H102O6. The zero-order valence-electron chi connectivity index (χ0n) is 45.4. The summed E-state index contributed by atoms with van der Waals surface area (Å²) in [4.78, 5) is 38.1. The highest BCUT2D eigenvalue weighted by atomic mass is 16.6. The van der Waals surface area contributed by atoms with Gasteiger partial charge in [-0.3, -0.25) is 14.4 Å². The Balaban J connectivity index is 4.65. The van der Waals surface area contributed by atoms with Gasteiger partial charge in [0.25, 0.3) is 0 Å². The molecule has 6 nitrogen and oxygen atoms in total. The summed E-state index contributed by atoms with van der Waals surface area (Å²) in [6, 6.07) is 0. The van der Waals surface area contributed by atoms with E-state index in [1.807, 2.05) is 12.2 Å². The summed E-state index contributed by atoms with van der Waals surface area (Å²) in [5, 5.41) is 0. The van der Waals surface area contributed by atoms with Crippen LogP contribution in [0.2, 0.25) is 0 Å². The predicted octanol–water partition coefficient (Wildman–Crippen LogP) is 19.2. The summed E-state index contributed by atoms with van der Waals surface area (Å²) in [5.74, 6) is -1.11. The van der Waals surface area contributed by atoms with Gasteiger partial charge in [-0.15, -0.1) is 0 Å². The molecule has 0 aliphatic carbocycles. The number of esters is 3. The summed E-state index contributed by atoms with van der Waals surface area (Å²) >= 11 is 0. The standard InChI is InChI=1S/C65H102O6/c1-4-7-10-13-16-19-22-25-28-31-32-35-37-40-43-46-49-52-55-58-64(67)70-61-62(71-65(68)59-56-53-50-47-44-41-38-34-30-27-24-21-18-15-12-9-6-3)60-69-63(66)57-54-51-48-45-42-39-36-33-29-26-23-20-17-14-11-8-5-2/h16-21,25-30,32,35-36,38-41,43,45,48-49,52,62H,4-15,22-24,31,33-34,37,42,44,46-47,50-51,53-61H2,1-3H3/b19-16-,20-17-,21-18-,28-25-,29-26-,30-27-,35-32-,39-36-,41-38-,43-40-,48-45-,52-49-/t62-/m0/s1. The molecule has 0 amide bonds. The Morgan fingerprint density at radius 3 is 0.901 bits per heavy atom. The highest BCUT2D eigenvalue weighted by molar-refractivity contribution is 5.71. The highest BCUT2D eigenvalue weighted by Crippen LogP contribution is 2.11. The molecule has 0 spiro atoms. The van der Waals surface area contributed by atoms with E-state index in [9.17, 15) is 14.4 Å². The molecule has 0 aromatic heterocycles. The van der Waals surface area contributed by atoms with Crippen molar-refractivity contribution >= 4 is 17.9 Å². The lowest BCUT2D eigenvalue weighted by Crippen LogP contribution is -2.30. The van der Waals surface area contributed by atoms with Gasteiger partial charge >= 0.3 is 17.9 Å². The fourth-order valence-electron chi connectivity index (χ4n) is 7.01. The molecule has 0 N–H and O–H groups in total. The first-order chi connectivity index (χ1) is 35.0. The van der Waals surface area contributed by atoms with E-state index < -0.39 is 6.10 Å². The number of ether oxygens (including phenoxy) is 3. The average Bonchev–Trinajstić information content (AvgIpc) is 3.37. The number of allylic oxidation sites excluding steroid dienone is 24. The van der Waals surface area contributed by atoms with Crippen molar-refractivity contribution in [3.63, 3.8) is 0 Å². The summed E-state index contributed by atoms with van der Waals surface area (Å²) in [6.45, 7) is 6.41. The molecule has 0 rings (SSSR count). The summed E-state index contributed by atoms with van der Waals surface area (Å²) in [6.07, 6.45) is 82.7. The van der Waals surface area contributed by atoms with Crippen LogP contribution in [0.4, 0.5) is 0 Å². The van der Waals surface area contributed by atoms with E-state index in [1.54, 1.807) is 0 Å². The minimum Gasteiger partial charge on any atom is -0.462 e. The first kappa shape index (κ1) is 66.3. The Kier molecular flexibility index (Phi) is 54.0. The number of hydrogen-bond donors (Lipinski definition) is 0. The summed E-state index contributed by atoms with van der Waals surface area (Å²) < 4.78 is 16.7. The fourth-order valence-corrected chi connectivity index (χ4v) is 7.01. The van der Waals surface area contributed by atoms with E-state index in [0.717, 1.165) is 89.9 Å². The molecule has 0 bridgehead atoms. The third kappa shape index (κ3) is 56.1. The molecule has 0 heterocycles. The van der Waals surface area contributed by atoms with Gasteiger partial charge in [0.05, 0.1) is 0 Å². The van der Waals surface area contributed by atoms with E-state index in [2.05, 4.69) is 154 Å². The van der Waals surface area contributed by atoms with Crippen LogP contribution >= 0.6 is 0 Å². The maximum absolute atomic E-state index is 12.8. The van der Waals surface area contributed by atoms with Gasteiger partial charge in [0, 0.05) is 19.3 Å². The van der Waals surface area contributed by atoms with E-state index in [0.29, 0.717) is 19.3 Å². The van der Waals surface area contributed by atoms with Crippen molar-refractivity contribution in [2.24, 2.45) is 0 Å². The monoisotopic (exact) mass is 979 g/mol. The van der Waals surface area contributed by atoms with Crippen molar-refractivity contribution in [3.8, 4) is 0 Å². The molecule has 0 aromatic carbocycles. The lowest BCUT2D eigenvalue weighted by molar-refractivity contribution is -0.166. The summed E-state index contributed by atoms with van der Waals surface area (Å²) in [5.41, 5.74) is 0. The quantitative estimate of drug-likeness (QED) is 0.0262. The van der Waals surface area contributed by atoms with Crippen LogP contribution in [0, 0.1) is 0 Å². The highest BCUT2D eigenvalue weighted by Gasteiger charge is 2.19. The molecule has 6 heteroatoms. The molecule has 1 atom stereocenters. The lowest BCUT2D eigenvalue weighted by atomic mass is 10.1. The smallest absolute Gasteiger partial charge is 0.306 e. The molecule has 0 aromatic rings. The van der Waals surface area contributed by atoms with Crippen molar-refractivity contribution in [1.82, 2.24) is 0 Å². The van der Waals surface area contributed by atoms with Crippen molar-refractivity contribution in [2.45, 2.75) is 232 Å². The third-order valence-corrected chi connectivity index (χ3v) is 11.3. The van der Waals surface area contributed by atoms with Crippen molar-refractivity contribution in [3.05, 3.63) is 146 Å². The number of carbonyl (C=O) groups is 3. The maximum atomic E-state index is 12.8. The first-order valence-electron chi connectivity index (χ1n) is 28.3. The van der Waals surface area contributed by atoms with E-state index in [4.69, 9.17) is 14.2 Å². The Morgan fingerprint density at radius 1 is 0.282 bits per heavy atom. The zero-order chi connectivity index (χ0) is 51.4. The van der Waals surface area contributed by atoms with Crippen LogP contribution in [0.25, 0.3) is 0 Å². The van der Waals surface area contributed by atoms with Gasteiger partial charge in [0.15, 0.2) is 6.10 Å². The number of rotatable bonds is 49. The number of hydrogen-bond acceptors (Lipinski definition) is 6. The molecule has 0 saturated carbocycles. The van der Waals surface area contributed by atoms with Crippen LogP contribution in [0.3, 0.4) is 0 Å². The van der Waals surface area contributed by atoms with Crippen LogP contribution in [0.15, 0.2) is 146 Å². The first-order valence-corrected chi connectivity index (χ1v) is 28.3. The van der Waals surface area contributed by atoms with Gasteiger partial charge in [-0.05, 0) is 135 Å². The topological polar surface area (TPSA) is 78.9 Å². The Labute approximate surface area is 436 Å². The number of unbranched alkanes of at least 4 members (excludes halogenated alkanes) is 14. The van der Waals surface area contributed by atoms with E-state index >= 15 is 0 Å². The van der Waals surface area contributed by atoms with Gasteiger partial charge in [-0.25, -0.2) is 0 Å². The molecule has 0 aliphatic rings. The van der Waals surface area contributed by atoms with E-state index in [-0.39, 0.29) is 50.4 Å². The van der Waals surface area contributed by atoms with E-state index in [1.165, 1.54) is 77.0 Å². The van der Waals surface area contributed by atoms with Crippen molar-refractivity contribution in [2.75, 3.05) is 13.2 Å². The fraction of sp³-hybridized carbons (Fsp3) is 0.585. The second-order valence-corrected chi connectivity index (χ2v) is 18.1. The molecule has 71 heavy (non-hydrogen) atoms. The van der Waals surface area contributed by atoms with Crippen LogP contribution in [-0.4, -0.2) is 37.2 Å². The van der Waals surface area contributed by atoms with Gasteiger partial charge < -0.3 is 14.2 Å². The Bertz CT molecular complexity index is 1590. The average molecular weight is 980 g/mol. The van der Waals surface area contributed by atoms with Crippen molar-refractivity contribution < 1.29 is 28.6 Å². The molecule has 398 valence electrons. The van der Waals surface area contributed by atoms with Gasteiger partial charge in [-0.2, -0.15) is 0 Å². The molecule has 0 unspecified atom stereocenters. The molecular weight excluding hydrogens is 877 g/mol. The van der Waals surface area contributed by atoms with Gasteiger partial charge in [0.2, 0.25) is 0 Å². The SMILES string of the molecule is CCCCC/C=C\C/C=C\C/C=C\C/C=C\C/C=C\CCC(=O)OC[C@H](COC(=O)CCC/C=C\C/C=C\C/C=C\C/C=C\CCCCC)OC(=O)CCCCCC/C=C\C/C=C\C/C=C\CCCCC. The number of carbonyl (C=O) groups excluding carboxylic acids is 3. The lowest BCUT2D eigenvalue weighted by Gasteiger charge is -2.18. The van der Waals surface area contributed by atoms with Crippen LogP contribution in [0.5, 0.6) is 0 Å². The zero-order valence-corrected chi connectivity index (χ0v) is 45.4. The molecule has 0 fully saturated rings. The van der Waals surface area contributed by atoms with Crippen LogP contribution in [0.1, 0.15) is 226 Å². The minimum absolute atomic E-state index is 0.144. The minimum atomic E-state index is -0.849. The second-order valence-electron chi connectivity index (χ2n) is 18.1. The third-order valence-electron chi connectivity index (χ3n) is 11.3. The molecule has 0 saturated heterocycles. The largest absolute Gasteiger partial charge is 0.462 e. The maximum Gasteiger partial charge on any atom is 0.306 e. The Morgan fingerprint density at radius 2 is 0.549 bits per heavy atom. The summed E-state index contributed by atoms with van der Waals surface area (Å²) in [7, 11) is 0. The molecule has 0 aliphatic heterocycles. The normalized spacial score (nSPS) is 13.2. The second kappa shape index (κ2) is 57.9. The van der Waals surface area contributed by atoms with Crippen molar-refractivity contribution in [1.29, 1.82) is 0 Å². The van der Waals surface area contributed by atoms with Crippen LogP contribution in [-0.2, 0) is 28.6 Å². The molecule has 0 radical (unpaired) electrons. The predicted molar refractivity (Wildman–Crippen MR) is 306 cm³/mol.